The van der Waals surface area contributed by atoms with E-state index in [9.17, 15) is 9.59 Å². The third-order valence-electron chi connectivity index (χ3n) is 5.64. The monoisotopic (exact) mass is 398 g/mol. The number of hydrogen-bond donors (Lipinski definition) is 2. The average Bonchev–Trinajstić information content (AvgIpc) is 2.80. The summed E-state index contributed by atoms with van der Waals surface area (Å²) in [6, 6.07) is 26.7. The average molecular weight is 399 g/mol. The number of carbonyl (C=O) groups is 2. The van der Waals surface area contributed by atoms with Crippen LogP contribution >= 0.6 is 0 Å². The lowest BCUT2D eigenvalue weighted by Crippen LogP contribution is -2.36. The Morgan fingerprint density at radius 2 is 1.53 bits per heavy atom. The molecule has 4 nitrogen and oxygen atoms in total. The van der Waals surface area contributed by atoms with Crippen molar-refractivity contribution < 1.29 is 9.59 Å². The molecule has 4 rings (SSSR count). The third kappa shape index (κ3) is 4.77. The van der Waals surface area contributed by atoms with Crippen molar-refractivity contribution in [2.45, 2.75) is 37.8 Å². The van der Waals surface area contributed by atoms with Gasteiger partial charge < -0.3 is 10.6 Å². The number of carbonyl (C=O) groups excluding carboxylic acids is 2. The number of hydrogen-bond acceptors (Lipinski definition) is 2. The summed E-state index contributed by atoms with van der Waals surface area (Å²) in [5.41, 5.74) is 4.02. The summed E-state index contributed by atoms with van der Waals surface area (Å²) in [4.78, 5) is 25.7. The molecule has 0 aromatic heterocycles. The molecule has 3 aromatic carbocycles. The lowest BCUT2D eigenvalue weighted by molar-refractivity contribution is -0.122. The molecule has 0 bridgehead atoms. The van der Waals surface area contributed by atoms with Crippen LogP contribution in [0.1, 0.15) is 58.4 Å². The molecule has 2 N–H and O–H groups in total. The molecular weight excluding hydrogens is 372 g/mol. The Balaban J connectivity index is 1.48. The van der Waals surface area contributed by atoms with Crippen LogP contribution in [-0.2, 0) is 11.2 Å². The van der Waals surface area contributed by atoms with Crippen LogP contribution in [0.4, 0.5) is 0 Å². The van der Waals surface area contributed by atoms with Crippen molar-refractivity contribution in [3.63, 3.8) is 0 Å². The molecule has 0 fully saturated rings. The highest BCUT2D eigenvalue weighted by Gasteiger charge is 2.24. The summed E-state index contributed by atoms with van der Waals surface area (Å²) < 4.78 is 0. The minimum Gasteiger partial charge on any atom is -0.349 e. The molecule has 2 amide bonds. The molecular formula is C26H26N2O2. The highest BCUT2D eigenvalue weighted by Crippen LogP contribution is 2.30. The fourth-order valence-electron chi connectivity index (χ4n) is 4.11. The summed E-state index contributed by atoms with van der Waals surface area (Å²) in [5.74, 6) is -0.237. The largest absolute Gasteiger partial charge is 0.349 e. The fraction of sp³-hybridized carbons (Fsp3) is 0.231. The Kier molecular flexibility index (Phi) is 6.23. The molecule has 0 aliphatic heterocycles. The van der Waals surface area contributed by atoms with Gasteiger partial charge >= 0.3 is 0 Å². The second-order valence-electron chi connectivity index (χ2n) is 7.72. The van der Waals surface area contributed by atoms with Crippen molar-refractivity contribution in [3.8, 4) is 0 Å². The van der Waals surface area contributed by atoms with Crippen molar-refractivity contribution in [1.82, 2.24) is 10.6 Å². The molecule has 4 heteroatoms. The van der Waals surface area contributed by atoms with E-state index in [0.717, 1.165) is 24.8 Å². The maximum absolute atomic E-state index is 13.0. The molecule has 1 aliphatic carbocycles. The van der Waals surface area contributed by atoms with Gasteiger partial charge in [0.1, 0.15) is 0 Å². The minimum absolute atomic E-state index is 0.0312. The molecule has 2 atom stereocenters. The Bertz CT molecular complexity index is 1000. The van der Waals surface area contributed by atoms with Crippen molar-refractivity contribution in [1.29, 1.82) is 0 Å². The summed E-state index contributed by atoms with van der Waals surface area (Å²) >= 11 is 0. The van der Waals surface area contributed by atoms with Crippen LogP contribution < -0.4 is 10.6 Å². The van der Waals surface area contributed by atoms with E-state index in [0.29, 0.717) is 5.56 Å². The number of amides is 2. The fourth-order valence-corrected chi connectivity index (χ4v) is 4.11. The second-order valence-corrected chi connectivity index (χ2v) is 7.72. The number of fused-ring (bicyclic) bond motifs is 1. The Labute approximate surface area is 177 Å². The first-order valence-electron chi connectivity index (χ1n) is 10.5. The molecule has 0 radical (unpaired) electrons. The molecule has 30 heavy (non-hydrogen) atoms. The number of nitrogens with one attached hydrogen (secondary N) is 2. The van der Waals surface area contributed by atoms with E-state index in [-0.39, 0.29) is 24.3 Å². The molecule has 0 heterocycles. The van der Waals surface area contributed by atoms with Gasteiger partial charge in [-0.2, -0.15) is 0 Å². The van der Waals surface area contributed by atoms with E-state index in [1.807, 2.05) is 60.7 Å². The summed E-state index contributed by atoms with van der Waals surface area (Å²) in [6.07, 6.45) is 3.26. The van der Waals surface area contributed by atoms with Gasteiger partial charge in [0.25, 0.3) is 5.91 Å². The standard InChI is InChI=1S/C26H26N2O2/c29-25(27-23-17-9-15-19-10-7-8-16-22(19)23)18-24(20-11-3-1-4-12-20)28-26(30)21-13-5-2-6-14-21/h1-8,10-14,16,23-24H,9,15,17-18H2,(H,27,29)(H,28,30)/t23-,24+/m1/s1. The zero-order valence-electron chi connectivity index (χ0n) is 16.9. The van der Waals surface area contributed by atoms with Crippen LogP contribution in [0.3, 0.4) is 0 Å². The van der Waals surface area contributed by atoms with Gasteiger partial charge in [-0.1, -0.05) is 72.8 Å². The van der Waals surface area contributed by atoms with E-state index < -0.39 is 6.04 Å². The van der Waals surface area contributed by atoms with Crippen molar-refractivity contribution in [2.75, 3.05) is 0 Å². The van der Waals surface area contributed by atoms with Gasteiger partial charge in [-0.25, -0.2) is 0 Å². The topological polar surface area (TPSA) is 58.2 Å². The smallest absolute Gasteiger partial charge is 0.251 e. The van der Waals surface area contributed by atoms with Crippen LogP contribution in [0.5, 0.6) is 0 Å². The zero-order chi connectivity index (χ0) is 20.8. The van der Waals surface area contributed by atoms with Gasteiger partial charge in [0, 0.05) is 5.56 Å². The van der Waals surface area contributed by atoms with E-state index in [1.165, 1.54) is 11.1 Å². The van der Waals surface area contributed by atoms with E-state index in [1.54, 1.807) is 12.1 Å². The van der Waals surface area contributed by atoms with Gasteiger partial charge in [0.15, 0.2) is 0 Å². The van der Waals surface area contributed by atoms with Crippen molar-refractivity contribution in [2.24, 2.45) is 0 Å². The minimum atomic E-state index is -0.391. The molecule has 0 saturated carbocycles. The molecule has 0 saturated heterocycles. The predicted octanol–water partition coefficient (Wildman–Crippen LogP) is 4.74. The van der Waals surface area contributed by atoms with Crippen LogP contribution in [0, 0.1) is 0 Å². The van der Waals surface area contributed by atoms with Gasteiger partial charge in [-0.15, -0.1) is 0 Å². The predicted molar refractivity (Wildman–Crippen MR) is 118 cm³/mol. The Hall–Kier alpha value is -3.40. The number of benzene rings is 3. The third-order valence-corrected chi connectivity index (χ3v) is 5.64. The first-order chi connectivity index (χ1) is 14.7. The quantitative estimate of drug-likeness (QED) is 0.630. The lowest BCUT2D eigenvalue weighted by Gasteiger charge is -2.27. The molecule has 152 valence electrons. The zero-order valence-corrected chi connectivity index (χ0v) is 16.9. The molecule has 1 aliphatic rings. The summed E-state index contributed by atoms with van der Waals surface area (Å²) in [6.45, 7) is 0. The normalized spacial score (nSPS) is 16.2. The summed E-state index contributed by atoms with van der Waals surface area (Å²) in [5, 5.41) is 6.24. The number of rotatable bonds is 6. The van der Waals surface area contributed by atoms with Crippen LogP contribution in [-0.4, -0.2) is 11.8 Å². The lowest BCUT2D eigenvalue weighted by atomic mass is 9.87. The molecule has 3 aromatic rings. The van der Waals surface area contributed by atoms with E-state index >= 15 is 0 Å². The Morgan fingerprint density at radius 3 is 2.30 bits per heavy atom. The van der Waals surface area contributed by atoms with Gasteiger partial charge in [-0.05, 0) is 48.1 Å². The highest BCUT2D eigenvalue weighted by atomic mass is 16.2. The highest BCUT2D eigenvalue weighted by molar-refractivity contribution is 5.94. The molecule has 0 spiro atoms. The van der Waals surface area contributed by atoms with Gasteiger partial charge in [0.05, 0.1) is 18.5 Å². The van der Waals surface area contributed by atoms with Gasteiger partial charge in [0.2, 0.25) is 5.91 Å². The van der Waals surface area contributed by atoms with E-state index in [2.05, 4.69) is 22.8 Å². The van der Waals surface area contributed by atoms with Crippen LogP contribution in [0.2, 0.25) is 0 Å². The van der Waals surface area contributed by atoms with Crippen LogP contribution in [0.25, 0.3) is 0 Å². The number of aryl methyl sites for hydroxylation is 1. The summed E-state index contributed by atoms with van der Waals surface area (Å²) in [7, 11) is 0. The second kappa shape index (κ2) is 9.40. The van der Waals surface area contributed by atoms with E-state index in [4.69, 9.17) is 0 Å². The first kappa shape index (κ1) is 19.9. The van der Waals surface area contributed by atoms with Crippen LogP contribution in [0.15, 0.2) is 84.9 Å². The SMILES string of the molecule is O=C(C[C@H](NC(=O)c1ccccc1)c1ccccc1)N[C@@H]1CCCc2ccccc21. The molecule has 0 unspecified atom stereocenters. The maximum atomic E-state index is 13.0. The van der Waals surface area contributed by atoms with Gasteiger partial charge in [-0.3, -0.25) is 9.59 Å². The Morgan fingerprint density at radius 1 is 0.867 bits per heavy atom. The maximum Gasteiger partial charge on any atom is 0.251 e. The van der Waals surface area contributed by atoms with Crippen molar-refractivity contribution in [3.05, 3.63) is 107 Å². The van der Waals surface area contributed by atoms with Crippen molar-refractivity contribution >= 4 is 11.8 Å². The first-order valence-corrected chi connectivity index (χ1v) is 10.5.